The fourth-order valence-electron chi connectivity index (χ4n) is 5.40. The van der Waals surface area contributed by atoms with Crippen LogP contribution in [0, 0.1) is 6.92 Å². The molecule has 6 rings (SSSR count). The summed E-state index contributed by atoms with van der Waals surface area (Å²) in [6.07, 6.45) is -3.20. The smallest absolute Gasteiger partial charge is 0.377 e. The number of piperidine rings is 1. The van der Waals surface area contributed by atoms with Gasteiger partial charge in [0, 0.05) is 31.9 Å². The molecule has 2 aliphatic rings. The van der Waals surface area contributed by atoms with Crippen LogP contribution in [0.4, 0.5) is 29.3 Å². The first-order chi connectivity index (χ1) is 18.5. The van der Waals surface area contributed by atoms with E-state index in [1.165, 1.54) is 6.92 Å². The summed E-state index contributed by atoms with van der Waals surface area (Å²) < 4.78 is 62.7. The van der Waals surface area contributed by atoms with E-state index in [9.17, 15) is 13.2 Å². The number of anilines is 2. The second-order valence-corrected chi connectivity index (χ2v) is 10.4. The second-order valence-electron chi connectivity index (χ2n) is 10.4. The molecule has 0 aliphatic carbocycles. The third kappa shape index (κ3) is 4.65. The van der Waals surface area contributed by atoms with Crippen molar-refractivity contribution in [1.29, 1.82) is 0 Å². The maximum atomic E-state index is 15.2. The fourth-order valence-corrected chi connectivity index (χ4v) is 5.40. The molecule has 14 heteroatoms. The largest absolute Gasteiger partial charge is 0.406 e. The highest BCUT2D eigenvalue weighted by Crippen LogP contribution is 2.33. The molecule has 0 saturated carbocycles. The van der Waals surface area contributed by atoms with E-state index in [1.807, 2.05) is 0 Å². The lowest BCUT2D eigenvalue weighted by atomic mass is 9.92. The Morgan fingerprint density at radius 1 is 1.15 bits per heavy atom. The molecule has 0 amide bonds. The van der Waals surface area contributed by atoms with Crippen molar-refractivity contribution >= 4 is 28.4 Å². The van der Waals surface area contributed by atoms with Crippen molar-refractivity contribution in [3.63, 3.8) is 0 Å². The van der Waals surface area contributed by atoms with Gasteiger partial charge in [0.05, 0.1) is 30.5 Å². The van der Waals surface area contributed by atoms with Gasteiger partial charge in [-0.1, -0.05) is 0 Å². The van der Waals surface area contributed by atoms with Crippen molar-refractivity contribution < 1.29 is 22.3 Å². The van der Waals surface area contributed by atoms with Crippen LogP contribution in [0.2, 0.25) is 0 Å². The number of nitrogens with zero attached hydrogens (tertiary/aromatic N) is 7. The predicted octanol–water partition coefficient (Wildman–Crippen LogP) is 3.67. The third-order valence-electron chi connectivity index (χ3n) is 7.59. The van der Waals surface area contributed by atoms with Gasteiger partial charge in [0.1, 0.15) is 29.6 Å². The molecule has 0 unspecified atom stereocenters. The minimum Gasteiger partial charge on any atom is -0.377 e. The number of fused-ring (bicyclic) bond motifs is 2. The average Bonchev–Trinajstić information content (AvgIpc) is 3.43. The molecule has 4 aromatic rings. The van der Waals surface area contributed by atoms with Gasteiger partial charge in [0.2, 0.25) is 5.95 Å². The van der Waals surface area contributed by atoms with Crippen molar-refractivity contribution in [2.75, 3.05) is 44.0 Å². The number of hydrogen-bond acceptors (Lipinski definition) is 8. The van der Waals surface area contributed by atoms with Crippen LogP contribution in [0.25, 0.3) is 27.9 Å². The van der Waals surface area contributed by atoms with Crippen molar-refractivity contribution in [3.8, 4) is 11.3 Å². The molecular formula is C25H29F4N9O. The molecule has 2 fully saturated rings. The van der Waals surface area contributed by atoms with Crippen molar-refractivity contribution in [3.05, 3.63) is 30.2 Å². The van der Waals surface area contributed by atoms with Gasteiger partial charge in [0.25, 0.3) is 0 Å². The monoisotopic (exact) mass is 547 g/mol. The topological polar surface area (TPSA) is 97.4 Å². The van der Waals surface area contributed by atoms with Gasteiger partial charge in [0.15, 0.2) is 11.5 Å². The summed E-state index contributed by atoms with van der Waals surface area (Å²) >= 11 is 0. The van der Waals surface area contributed by atoms with E-state index in [4.69, 9.17) is 4.74 Å². The van der Waals surface area contributed by atoms with E-state index < -0.39 is 24.9 Å². The molecule has 0 aromatic carbocycles. The number of ether oxygens (including phenoxy) is 1. The number of imidazole rings is 1. The van der Waals surface area contributed by atoms with E-state index in [2.05, 4.69) is 42.5 Å². The quantitative estimate of drug-likeness (QED) is 0.353. The van der Waals surface area contributed by atoms with Gasteiger partial charge in [-0.05, 0) is 38.5 Å². The number of nitrogens with one attached hydrogen (secondary N) is 2. The number of aromatic nitrogens is 6. The van der Waals surface area contributed by atoms with Crippen molar-refractivity contribution in [2.45, 2.75) is 50.7 Å². The van der Waals surface area contributed by atoms with E-state index in [1.54, 1.807) is 36.0 Å². The molecular weight excluding hydrogens is 518 g/mol. The first-order valence-electron chi connectivity index (χ1n) is 12.8. The number of rotatable bonds is 6. The van der Waals surface area contributed by atoms with Gasteiger partial charge < -0.3 is 19.9 Å². The highest BCUT2D eigenvalue weighted by atomic mass is 19.4. The molecule has 2 aliphatic heterocycles. The molecule has 6 heterocycles. The standard InChI is InChI=1S/C25H29F4N9O/c1-14-31-19-5-4-17(32-22(19)37(14)11-25(27,28)29)15-6-9-38-20(15)21(30-3)34-23(35-38)33-18-7-8-36(10-16(18)26)24(2)12-39-13-24/h4-6,9,16,18H,7-8,10-13H2,1-3H3,(H2,30,33,34,35)/t16-,18+/m1/s1. The van der Waals surface area contributed by atoms with Crippen molar-refractivity contribution in [2.24, 2.45) is 0 Å². The minimum absolute atomic E-state index is 0.105. The molecule has 208 valence electrons. The maximum Gasteiger partial charge on any atom is 0.406 e. The Labute approximate surface area is 221 Å². The summed E-state index contributed by atoms with van der Waals surface area (Å²) in [5, 5.41) is 10.8. The number of halogens is 4. The molecule has 0 bridgehead atoms. The molecule has 10 nitrogen and oxygen atoms in total. The van der Waals surface area contributed by atoms with Crippen LogP contribution in [0.3, 0.4) is 0 Å². The molecule has 4 aromatic heterocycles. The summed E-state index contributed by atoms with van der Waals surface area (Å²) in [4.78, 5) is 15.5. The molecule has 2 atom stereocenters. The Morgan fingerprint density at radius 2 is 1.95 bits per heavy atom. The maximum absolute atomic E-state index is 15.2. The lowest BCUT2D eigenvalue weighted by Gasteiger charge is -2.50. The number of pyridine rings is 1. The predicted molar refractivity (Wildman–Crippen MR) is 138 cm³/mol. The van der Waals surface area contributed by atoms with Gasteiger partial charge in [-0.2, -0.15) is 18.2 Å². The zero-order valence-electron chi connectivity index (χ0n) is 21.8. The van der Waals surface area contributed by atoms with Gasteiger partial charge >= 0.3 is 6.18 Å². The first-order valence-corrected chi connectivity index (χ1v) is 12.8. The summed E-state index contributed by atoms with van der Waals surface area (Å²) in [6, 6.07) is 4.70. The summed E-state index contributed by atoms with van der Waals surface area (Å²) in [5.41, 5.74) is 2.11. The minimum atomic E-state index is -4.41. The molecule has 2 saturated heterocycles. The fraction of sp³-hybridized carbons (Fsp3) is 0.520. The van der Waals surface area contributed by atoms with Crippen LogP contribution in [0.15, 0.2) is 24.4 Å². The normalized spacial score (nSPS) is 21.8. The van der Waals surface area contributed by atoms with Crippen LogP contribution in [-0.2, 0) is 11.3 Å². The zero-order chi connectivity index (χ0) is 27.5. The van der Waals surface area contributed by atoms with Gasteiger partial charge in [-0.15, -0.1) is 5.10 Å². The van der Waals surface area contributed by atoms with E-state index in [-0.39, 0.29) is 23.0 Å². The van der Waals surface area contributed by atoms with Crippen LogP contribution in [-0.4, -0.2) is 91.3 Å². The Bertz CT molecular complexity index is 1530. The number of alkyl halides is 4. The summed E-state index contributed by atoms with van der Waals surface area (Å²) in [6.45, 7) is 4.72. The highest BCUT2D eigenvalue weighted by Gasteiger charge is 2.43. The highest BCUT2D eigenvalue weighted by molar-refractivity contribution is 5.89. The van der Waals surface area contributed by atoms with Crippen molar-refractivity contribution in [1.82, 2.24) is 34.0 Å². The Hall–Kier alpha value is -3.52. The van der Waals surface area contributed by atoms with Crippen LogP contribution < -0.4 is 10.6 Å². The lowest BCUT2D eigenvalue weighted by Crippen LogP contribution is -2.64. The first kappa shape index (κ1) is 25.7. The van der Waals surface area contributed by atoms with E-state index in [0.717, 1.165) is 11.1 Å². The molecule has 39 heavy (non-hydrogen) atoms. The zero-order valence-corrected chi connectivity index (χ0v) is 21.8. The van der Waals surface area contributed by atoms with Crippen LogP contribution in [0.5, 0.6) is 0 Å². The Kier molecular flexibility index (Phi) is 6.14. The second kappa shape index (κ2) is 9.30. The van der Waals surface area contributed by atoms with Gasteiger partial charge in [-0.25, -0.2) is 18.9 Å². The summed E-state index contributed by atoms with van der Waals surface area (Å²) in [5.74, 6) is 0.979. The van der Waals surface area contributed by atoms with Gasteiger partial charge in [-0.3, -0.25) is 4.90 Å². The molecule has 2 N–H and O–H groups in total. The average molecular weight is 548 g/mol. The molecule has 0 radical (unpaired) electrons. The molecule has 0 spiro atoms. The summed E-state index contributed by atoms with van der Waals surface area (Å²) in [7, 11) is 1.71. The Balaban J connectivity index is 1.29. The number of likely N-dealkylation sites (tertiary alicyclic amines) is 1. The van der Waals surface area contributed by atoms with Crippen LogP contribution >= 0.6 is 0 Å². The Morgan fingerprint density at radius 3 is 2.62 bits per heavy atom. The van der Waals surface area contributed by atoms with E-state index in [0.29, 0.717) is 54.3 Å². The number of aryl methyl sites for hydroxylation is 1. The third-order valence-corrected chi connectivity index (χ3v) is 7.59. The number of hydrogen-bond donors (Lipinski definition) is 2. The van der Waals surface area contributed by atoms with Crippen LogP contribution in [0.1, 0.15) is 19.2 Å². The SMILES string of the molecule is CNc1nc(N[C@H]2CCN(C3(C)COC3)C[C@H]2F)nn2ccc(-c3ccc4nc(C)n(CC(F)(F)F)c4n3)c12. The van der Waals surface area contributed by atoms with E-state index >= 15 is 4.39 Å². The lowest BCUT2D eigenvalue weighted by molar-refractivity contribution is -0.142.